The number of carbonyl (C=O) groups excluding carboxylic acids is 2. The van der Waals surface area contributed by atoms with Gasteiger partial charge in [-0.15, -0.1) is 0 Å². The molecule has 0 spiro atoms. The summed E-state index contributed by atoms with van der Waals surface area (Å²) in [5.74, 6) is 0. The third kappa shape index (κ3) is 3.15. The SMILES string of the molecule is CC(C)(OC(=O)n1cccc1C=O)C(Cl)(Cl)Cl. The Labute approximate surface area is 113 Å². The summed E-state index contributed by atoms with van der Waals surface area (Å²) < 4.78 is 4.32. The van der Waals surface area contributed by atoms with Gasteiger partial charge in [-0.25, -0.2) is 9.36 Å². The summed E-state index contributed by atoms with van der Waals surface area (Å²) in [5.41, 5.74) is -1.16. The highest BCUT2D eigenvalue weighted by Gasteiger charge is 2.44. The van der Waals surface area contributed by atoms with Crippen LogP contribution in [0.3, 0.4) is 0 Å². The van der Waals surface area contributed by atoms with Gasteiger partial charge in [-0.1, -0.05) is 34.8 Å². The van der Waals surface area contributed by atoms with Crippen molar-refractivity contribution in [3.05, 3.63) is 24.0 Å². The summed E-state index contributed by atoms with van der Waals surface area (Å²) in [5, 5.41) is 0. The molecular weight excluding hydrogens is 288 g/mol. The van der Waals surface area contributed by atoms with Crippen LogP contribution in [0.25, 0.3) is 0 Å². The maximum atomic E-state index is 11.8. The summed E-state index contributed by atoms with van der Waals surface area (Å²) in [7, 11) is 0. The van der Waals surface area contributed by atoms with Crippen molar-refractivity contribution >= 4 is 47.2 Å². The summed E-state index contributed by atoms with van der Waals surface area (Å²) in [6.45, 7) is 2.92. The van der Waals surface area contributed by atoms with Gasteiger partial charge in [0.05, 0.1) is 5.69 Å². The van der Waals surface area contributed by atoms with E-state index in [2.05, 4.69) is 0 Å². The second-order valence-electron chi connectivity index (χ2n) is 3.80. The van der Waals surface area contributed by atoms with Gasteiger partial charge in [0.1, 0.15) is 0 Å². The molecule has 0 N–H and O–H groups in total. The molecule has 4 nitrogen and oxygen atoms in total. The van der Waals surface area contributed by atoms with Crippen LogP contribution < -0.4 is 0 Å². The fourth-order valence-corrected chi connectivity index (χ4v) is 1.10. The van der Waals surface area contributed by atoms with E-state index in [4.69, 9.17) is 39.5 Å². The van der Waals surface area contributed by atoms with Crippen molar-refractivity contribution in [3.8, 4) is 0 Å². The lowest BCUT2D eigenvalue weighted by Gasteiger charge is -2.31. The minimum absolute atomic E-state index is 0.162. The van der Waals surface area contributed by atoms with Crippen LogP contribution in [0.4, 0.5) is 4.79 Å². The number of hydrogen-bond donors (Lipinski definition) is 0. The van der Waals surface area contributed by atoms with E-state index in [-0.39, 0.29) is 5.69 Å². The number of alkyl halides is 3. The molecule has 1 rings (SSSR count). The van der Waals surface area contributed by atoms with E-state index in [0.717, 1.165) is 4.57 Å². The summed E-state index contributed by atoms with van der Waals surface area (Å²) in [4.78, 5) is 22.4. The van der Waals surface area contributed by atoms with Crippen molar-refractivity contribution in [1.82, 2.24) is 4.57 Å². The molecule has 0 radical (unpaired) electrons. The molecule has 1 heterocycles. The number of hydrogen-bond acceptors (Lipinski definition) is 3. The zero-order chi connectivity index (χ0) is 13.3. The molecule has 0 aliphatic heterocycles. The molecule has 0 aliphatic rings. The summed E-state index contributed by atoms with van der Waals surface area (Å²) >= 11 is 17.0. The van der Waals surface area contributed by atoms with Crippen LogP contribution in [0, 0.1) is 0 Å². The maximum absolute atomic E-state index is 11.8. The highest BCUT2D eigenvalue weighted by Crippen LogP contribution is 2.40. The number of nitrogens with zero attached hydrogens (tertiary/aromatic N) is 1. The lowest BCUT2D eigenvalue weighted by molar-refractivity contribution is 0.0422. The molecular formula is C10H10Cl3NO3. The van der Waals surface area contributed by atoms with Crippen molar-refractivity contribution in [3.63, 3.8) is 0 Å². The quantitative estimate of drug-likeness (QED) is 0.621. The van der Waals surface area contributed by atoms with E-state index in [9.17, 15) is 9.59 Å². The van der Waals surface area contributed by atoms with Gasteiger partial charge in [-0.2, -0.15) is 0 Å². The van der Waals surface area contributed by atoms with Gasteiger partial charge in [-0.05, 0) is 26.0 Å². The molecule has 0 aromatic carbocycles. The Morgan fingerprint density at radius 2 is 2.00 bits per heavy atom. The molecule has 1 aromatic rings. The van der Waals surface area contributed by atoms with E-state index in [1.165, 1.54) is 32.2 Å². The minimum Gasteiger partial charge on any atom is -0.438 e. The van der Waals surface area contributed by atoms with E-state index in [1.807, 2.05) is 0 Å². The zero-order valence-corrected chi connectivity index (χ0v) is 11.4. The molecule has 1 aromatic heterocycles. The number of rotatable bonds is 2. The van der Waals surface area contributed by atoms with Crippen LogP contribution in [0.2, 0.25) is 0 Å². The molecule has 0 unspecified atom stereocenters. The first kappa shape index (κ1) is 14.4. The van der Waals surface area contributed by atoms with E-state index >= 15 is 0 Å². The molecule has 0 saturated heterocycles. The van der Waals surface area contributed by atoms with Gasteiger partial charge in [-0.3, -0.25) is 4.79 Å². The highest BCUT2D eigenvalue weighted by molar-refractivity contribution is 6.68. The number of ether oxygens (including phenoxy) is 1. The molecule has 0 atom stereocenters. The second-order valence-corrected chi connectivity index (χ2v) is 6.08. The van der Waals surface area contributed by atoms with Crippen molar-refractivity contribution < 1.29 is 14.3 Å². The molecule has 7 heteroatoms. The standard InChI is InChI=1S/C10H10Cl3NO3/c1-9(2,10(11,12)13)17-8(16)14-5-3-4-7(14)6-15/h3-6H,1-2H3. The summed E-state index contributed by atoms with van der Waals surface area (Å²) in [6, 6.07) is 3.00. The van der Waals surface area contributed by atoms with Crippen LogP contribution in [0.15, 0.2) is 18.3 Å². The van der Waals surface area contributed by atoms with Crippen LogP contribution >= 0.6 is 34.8 Å². The fraction of sp³-hybridized carbons (Fsp3) is 0.400. The monoisotopic (exact) mass is 297 g/mol. The zero-order valence-electron chi connectivity index (χ0n) is 9.12. The predicted octanol–water partition coefficient (Wildman–Crippen LogP) is 3.43. The third-order valence-corrected chi connectivity index (χ3v) is 3.49. The molecule has 94 valence electrons. The van der Waals surface area contributed by atoms with Crippen LogP contribution in [0.1, 0.15) is 24.3 Å². The second kappa shape index (κ2) is 4.88. The van der Waals surface area contributed by atoms with Gasteiger partial charge in [0.15, 0.2) is 11.9 Å². The van der Waals surface area contributed by atoms with Crippen LogP contribution in [-0.4, -0.2) is 26.3 Å². The fourth-order valence-electron chi connectivity index (χ4n) is 0.982. The minimum atomic E-state index is -1.77. The Morgan fingerprint density at radius 3 is 2.47 bits per heavy atom. The number of carbonyl (C=O) groups is 2. The number of aldehydes is 1. The van der Waals surface area contributed by atoms with Gasteiger partial charge < -0.3 is 4.74 Å². The largest absolute Gasteiger partial charge is 0.438 e. The van der Waals surface area contributed by atoms with Gasteiger partial charge in [0.25, 0.3) is 0 Å². The Bertz CT molecular complexity index is 434. The van der Waals surface area contributed by atoms with Crippen LogP contribution in [0.5, 0.6) is 0 Å². The Morgan fingerprint density at radius 1 is 1.41 bits per heavy atom. The first-order valence-electron chi connectivity index (χ1n) is 4.61. The Hall–Kier alpha value is -0.710. The average molecular weight is 299 g/mol. The van der Waals surface area contributed by atoms with E-state index in [0.29, 0.717) is 6.29 Å². The molecule has 0 amide bonds. The highest BCUT2D eigenvalue weighted by atomic mass is 35.6. The first-order valence-corrected chi connectivity index (χ1v) is 5.75. The van der Waals surface area contributed by atoms with Gasteiger partial charge >= 0.3 is 6.09 Å². The smallest absolute Gasteiger partial charge is 0.419 e. The lowest BCUT2D eigenvalue weighted by atomic mass is 10.2. The van der Waals surface area contributed by atoms with Crippen molar-refractivity contribution in [1.29, 1.82) is 0 Å². The topological polar surface area (TPSA) is 48.3 Å². The Kier molecular flexibility index (Phi) is 4.12. The van der Waals surface area contributed by atoms with Crippen molar-refractivity contribution in [2.45, 2.75) is 23.2 Å². The number of aromatic nitrogens is 1. The predicted molar refractivity (Wildman–Crippen MR) is 66.1 cm³/mol. The molecule has 0 bridgehead atoms. The average Bonchev–Trinajstić information content (AvgIpc) is 2.62. The maximum Gasteiger partial charge on any atom is 0.419 e. The molecule has 0 aliphatic carbocycles. The summed E-state index contributed by atoms with van der Waals surface area (Å²) in [6.07, 6.45) is 1.14. The van der Waals surface area contributed by atoms with Crippen LogP contribution in [-0.2, 0) is 4.74 Å². The normalized spacial score (nSPS) is 12.3. The first-order chi connectivity index (χ1) is 7.69. The molecule has 0 fully saturated rings. The van der Waals surface area contributed by atoms with Gasteiger partial charge in [0, 0.05) is 6.20 Å². The van der Waals surface area contributed by atoms with E-state index < -0.39 is 15.5 Å². The van der Waals surface area contributed by atoms with E-state index in [1.54, 1.807) is 0 Å². The lowest BCUT2D eigenvalue weighted by Crippen LogP contribution is -2.42. The molecule has 17 heavy (non-hydrogen) atoms. The number of halogens is 3. The van der Waals surface area contributed by atoms with Gasteiger partial charge in [0.2, 0.25) is 3.79 Å². The van der Waals surface area contributed by atoms with Crippen molar-refractivity contribution in [2.24, 2.45) is 0 Å². The Balaban J connectivity index is 2.91. The van der Waals surface area contributed by atoms with Crippen molar-refractivity contribution in [2.75, 3.05) is 0 Å². The molecule has 0 saturated carbocycles. The third-order valence-electron chi connectivity index (χ3n) is 2.12.